The topological polar surface area (TPSA) is 91.9 Å². The summed E-state index contributed by atoms with van der Waals surface area (Å²) in [7, 11) is 0. The van der Waals surface area contributed by atoms with Gasteiger partial charge >= 0.3 is 0 Å². The van der Waals surface area contributed by atoms with Crippen molar-refractivity contribution in [1.82, 2.24) is 15.5 Å². The number of nitrogens with zero attached hydrogens (tertiary/aromatic N) is 1. The van der Waals surface area contributed by atoms with Gasteiger partial charge in [0, 0.05) is 17.7 Å². The minimum atomic E-state index is -0.414. The number of hydrogen-bond donors (Lipinski definition) is 2. The summed E-state index contributed by atoms with van der Waals surface area (Å²) in [5.74, 6) is -1.10. The van der Waals surface area contributed by atoms with Gasteiger partial charge in [-0.2, -0.15) is 5.10 Å². The molecule has 0 atom stereocenters. The van der Waals surface area contributed by atoms with Crippen molar-refractivity contribution in [2.75, 3.05) is 6.54 Å². The number of unbranched alkanes of at least 4 members (excludes halogenated alkanes) is 1. The Kier molecular flexibility index (Phi) is 3.58. The highest BCUT2D eigenvalue weighted by Gasteiger charge is 2.36. The van der Waals surface area contributed by atoms with E-state index in [9.17, 15) is 14.4 Å². The standard InChI is InChI=1S/C16H15N3O3/c1-2-3-8-17-16(22)13-11-12(18-19-13)15(21)10-7-5-4-6-9(10)14(11)20/h4-7H,2-3,8H2,1H3,(H,17,22)(H,18,19). The molecule has 1 aliphatic rings. The minimum Gasteiger partial charge on any atom is -0.351 e. The number of fused-ring (bicyclic) bond motifs is 2. The number of aromatic amines is 1. The molecular formula is C16H15N3O3. The van der Waals surface area contributed by atoms with Crippen LogP contribution in [-0.2, 0) is 0 Å². The van der Waals surface area contributed by atoms with Gasteiger partial charge in [-0.25, -0.2) is 0 Å². The number of nitrogens with one attached hydrogen (secondary N) is 2. The van der Waals surface area contributed by atoms with Crippen LogP contribution in [0, 0.1) is 0 Å². The monoisotopic (exact) mass is 297 g/mol. The normalized spacial score (nSPS) is 12.8. The predicted octanol–water partition coefficient (Wildman–Crippen LogP) is 1.71. The van der Waals surface area contributed by atoms with Crippen molar-refractivity contribution in [1.29, 1.82) is 0 Å². The molecule has 0 spiro atoms. The number of benzene rings is 1. The van der Waals surface area contributed by atoms with Crippen LogP contribution in [0.25, 0.3) is 0 Å². The van der Waals surface area contributed by atoms with Crippen LogP contribution < -0.4 is 5.32 Å². The fourth-order valence-electron chi connectivity index (χ4n) is 2.50. The lowest BCUT2D eigenvalue weighted by molar-refractivity contribution is 0.0935. The Morgan fingerprint density at radius 1 is 1.18 bits per heavy atom. The number of carbonyl (C=O) groups excluding carboxylic acids is 3. The summed E-state index contributed by atoms with van der Waals surface area (Å²) < 4.78 is 0. The molecule has 0 saturated carbocycles. The van der Waals surface area contributed by atoms with Crippen LogP contribution in [0.15, 0.2) is 24.3 Å². The molecule has 0 radical (unpaired) electrons. The van der Waals surface area contributed by atoms with Crippen LogP contribution in [0.4, 0.5) is 0 Å². The summed E-state index contributed by atoms with van der Waals surface area (Å²) in [5, 5.41) is 9.14. The van der Waals surface area contributed by atoms with Crippen molar-refractivity contribution >= 4 is 17.5 Å². The van der Waals surface area contributed by atoms with Gasteiger partial charge in [-0.05, 0) is 6.42 Å². The molecule has 0 fully saturated rings. The van der Waals surface area contributed by atoms with Crippen LogP contribution in [0.5, 0.6) is 0 Å². The molecule has 1 amide bonds. The van der Waals surface area contributed by atoms with Gasteiger partial charge in [-0.3, -0.25) is 19.5 Å². The van der Waals surface area contributed by atoms with Crippen LogP contribution in [0.3, 0.4) is 0 Å². The van der Waals surface area contributed by atoms with Crippen LogP contribution in [0.1, 0.15) is 62.2 Å². The fourth-order valence-corrected chi connectivity index (χ4v) is 2.50. The first kappa shape index (κ1) is 14.2. The molecule has 0 aliphatic heterocycles. The second kappa shape index (κ2) is 5.55. The molecule has 0 bridgehead atoms. The Morgan fingerprint density at radius 2 is 1.86 bits per heavy atom. The molecule has 0 saturated heterocycles. The Hall–Kier alpha value is -2.76. The lowest BCUT2D eigenvalue weighted by Gasteiger charge is -2.13. The van der Waals surface area contributed by atoms with E-state index in [0.717, 1.165) is 12.8 Å². The Morgan fingerprint density at radius 3 is 2.55 bits per heavy atom. The highest BCUT2D eigenvalue weighted by atomic mass is 16.2. The van der Waals surface area contributed by atoms with Crippen LogP contribution in [-0.4, -0.2) is 34.2 Å². The molecule has 0 unspecified atom stereocenters. The zero-order valence-electron chi connectivity index (χ0n) is 12.1. The summed E-state index contributed by atoms with van der Waals surface area (Å²) in [5.41, 5.74) is 0.773. The Labute approximate surface area is 126 Å². The molecule has 1 heterocycles. The van der Waals surface area contributed by atoms with Crippen molar-refractivity contribution in [3.8, 4) is 0 Å². The van der Waals surface area contributed by atoms with Crippen molar-refractivity contribution in [2.24, 2.45) is 0 Å². The maximum absolute atomic E-state index is 12.6. The lowest BCUT2D eigenvalue weighted by Crippen LogP contribution is -2.28. The molecule has 22 heavy (non-hydrogen) atoms. The number of amides is 1. The van der Waals surface area contributed by atoms with E-state index >= 15 is 0 Å². The third kappa shape index (κ3) is 2.13. The van der Waals surface area contributed by atoms with Gasteiger partial charge in [0.2, 0.25) is 5.78 Å². The second-order valence-electron chi connectivity index (χ2n) is 5.14. The van der Waals surface area contributed by atoms with E-state index in [-0.39, 0.29) is 28.5 Å². The predicted molar refractivity (Wildman–Crippen MR) is 79.1 cm³/mol. The van der Waals surface area contributed by atoms with E-state index in [1.54, 1.807) is 24.3 Å². The van der Waals surface area contributed by atoms with Crippen LogP contribution in [0.2, 0.25) is 0 Å². The summed E-state index contributed by atoms with van der Waals surface area (Å²) in [6, 6.07) is 6.56. The summed E-state index contributed by atoms with van der Waals surface area (Å²) >= 11 is 0. The zero-order valence-corrected chi connectivity index (χ0v) is 12.1. The molecule has 2 N–H and O–H groups in total. The van der Waals surface area contributed by atoms with Gasteiger partial charge in [0.1, 0.15) is 11.4 Å². The smallest absolute Gasteiger partial charge is 0.270 e. The SMILES string of the molecule is CCCCNC(=O)c1[nH]nc2c1C(=O)c1ccccc1C2=O. The van der Waals surface area contributed by atoms with Crippen molar-refractivity contribution in [3.05, 3.63) is 52.3 Å². The molecule has 1 aromatic carbocycles. The second-order valence-corrected chi connectivity index (χ2v) is 5.14. The van der Waals surface area contributed by atoms with Crippen molar-refractivity contribution in [2.45, 2.75) is 19.8 Å². The van der Waals surface area contributed by atoms with Gasteiger partial charge < -0.3 is 5.32 Å². The van der Waals surface area contributed by atoms with Crippen LogP contribution >= 0.6 is 0 Å². The van der Waals surface area contributed by atoms with Crippen molar-refractivity contribution in [3.63, 3.8) is 0 Å². The van der Waals surface area contributed by atoms with Gasteiger partial charge in [0.25, 0.3) is 5.91 Å². The van der Waals surface area contributed by atoms with Gasteiger partial charge in [0.05, 0.1) is 5.56 Å². The first-order valence-corrected chi connectivity index (χ1v) is 7.20. The van der Waals surface area contributed by atoms with E-state index in [4.69, 9.17) is 0 Å². The number of aromatic nitrogens is 2. The lowest BCUT2D eigenvalue weighted by atomic mass is 9.87. The molecule has 3 rings (SSSR count). The summed E-state index contributed by atoms with van der Waals surface area (Å²) in [6.45, 7) is 2.53. The van der Waals surface area contributed by atoms with Gasteiger partial charge in [-0.15, -0.1) is 0 Å². The van der Waals surface area contributed by atoms with E-state index in [1.807, 2.05) is 6.92 Å². The maximum Gasteiger partial charge on any atom is 0.270 e. The van der Waals surface area contributed by atoms with Gasteiger partial charge in [0.15, 0.2) is 5.78 Å². The highest BCUT2D eigenvalue weighted by molar-refractivity contribution is 6.29. The maximum atomic E-state index is 12.6. The first-order valence-electron chi connectivity index (χ1n) is 7.20. The fraction of sp³-hybridized carbons (Fsp3) is 0.250. The Balaban J connectivity index is 1.99. The van der Waals surface area contributed by atoms with E-state index in [2.05, 4.69) is 15.5 Å². The number of H-pyrrole nitrogens is 1. The molecule has 1 aliphatic carbocycles. The molecule has 112 valence electrons. The number of carbonyl (C=O) groups is 3. The third-order valence-electron chi connectivity index (χ3n) is 3.67. The summed E-state index contributed by atoms with van der Waals surface area (Å²) in [4.78, 5) is 37.1. The minimum absolute atomic E-state index is 0.0179. The van der Waals surface area contributed by atoms with E-state index in [0.29, 0.717) is 17.7 Å². The number of ketones is 2. The molecule has 6 nitrogen and oxygen atoms in total. The summed E-state index contributed by atoms with van der Waals surface area (Å²) in [6.07, 6.45) is 1.80. The quantitative estimate of drug-likeness (QED) is 0.717. The number of rotatable bonds is 4. The van der Waals surface area contributed by atoms with E-state index < -0.39 is 5.91 Å². The highest BCUT2D eigenvalue weighted by Crippen LogP contribution is 2.27. The zero-order chi connectivity index (χ0) is 15.7. The van der Waals surface area contributed by atoms with Gasteiger partial charge in [-0.1, -0.05) is 37.6 Å². The Bertz CT molecular complexity index is 777. The largest absolute Gasteiger partial charge is 0.351 e. The average molecular weight is 297 g/mol. The first-order chi connectivity index (χ1) is 10.6. The average Bonchev–Trinajstić information content (AvgIpc) is 2.98. The molecule has 2 aromatic rings. The molecular weight excluding hydrogens is 282 g/mol. The third-order valence-corrected chi connectivity index (χ3v) is 3.67. The molecule has 6 heteroatoms. The van der Waals surface area contributed by atoms with E-state index in [1.165, 1.54) is 0 Å². The number of hydrogen-bond acceptors (Lipinski definition) is 4. The van der Waals surface area contributed by atoms with Crippen molar-refractivity contribution < 1.29 is 14.4 Å². The molecule has 1 aromatic heterocycles.